The molecule has 14 heavy (non-hydrogen) atoms. The Kier molecular flexibility index (Phi) is 2.10. The summed E-state index contributed by atoms with van der Waals surface area (Å²) in [6.45, 7) is 2.74. The maximum Gasteiger partial charge on any atom is 0.0538 e. The van der Waals surface area contributed by atoms with E-state index in [-0.39, 0.29) is 0 Å². The third-order valence-corrected chi connectivity index (χ3v) is 5.06. The van der Waals surface area contributed by atoms with Gasteiger partial charge in [0.15, 0.2) is 0 Å². The van der Waals surface area contributed by atoms with E-state index >= 15 is 0 Å². The highest BCUT2D eigenvalue weighted by atomic mass is 16.5. The van der Waals surface area contributed by atoms with Crippen LogP contribution in [0.1, 0.15) is 32.1 Å². The minimum Gasteiger partial charge on any atom is -0.381 e. The Hall–Kier alpha value is -0.0800. The van der Waals surface area contributed by atoms with Gasteiger partial charge in [-0.25, -0.2) is 0 Å². The maximum atomic E-state index is 6.00. The molecule has 2 bridgehead atoms. The third-order valence-electron chi connectivity index (χ3n) is 5.06. The molecule has 0 radical (unpaired) electrons. The predicted molar refractivity (Wildman–Crippen MR) is 55.9 cm³/mol. The fourth-order valence-corrected chi connectivity index (χ4v) is 4.22. The zero-order chi connectivity index (χ0) is 9.60. The first-order valence-corrected chi connectivity index (χ1v) is 6.12. The Bertz CT molecular complexity index is 222. The molecule has 2 nitrogen and oxygen atoms in total. The lowest BCUT2D eigenvalue weighted by molar-refractivity contribution is 0.0797. The van der Waals surface area contributed by atoms with E-state index in [4.69, 9.17) is 10.5 Å². The van der Waals surface area contributed by atoms with Crippen molar-refractivity contribution < 1.29 is 4.74 Å². The van der Waals surface area contributed by atoms with E-state index in [1.165, 1.54) is 32.1 Å². The summed E-state index contributed by atoms with van der Waals surface area (Å²) in [5, 5.41) is 0. The van der Waals surface area contributed by atoms with Gasteiger partial charge in [0.25, 0.3) is 0 Å². The van der Waals surface area contributed by atoms with Crippen LogP contribution in [0.4, 0.5) is 0 Å². The van der Waals surface area contributed by atoms with E-state index in [0.717, 1.165) is 37.5 Å². The first-order chi connectivity index (χ1) is 6.84. The van der Waals surface area contributed by atoms with Crippen molar-refractivity contribution in [1.82, 2.24) is 0 Å². The molecule has 0 aromatic rings. The molecule has 1 saturated heterocycles. The van der Waals surface area contributed by atoms with Crippen LogP contribution in [-0.4, -0.2) is 19.8 Å². The second kappa shape index (κ2) is 3.21. The van der Waals surface area contributed by atoms with Gasteiger partial charge in [-0.3, -0.25) is 0 Å². The third kappa shape index (κ3) is 1.17. The van der Waals surface area contributed by atoms with Crippen LogP contribution in [0.25, 0.3) is 0 Å². The van der Waals surface area contributed by atoms with Gasteiger partial charge < -0.3 is 10.5 Å². The largest absolute Gasteiger partial charge is 0.381 e. The summed E-state index contributed by atoms with van der Waals surface area (Å²) in [5.74, 6) is 2.92. The Balaban J connectivity index is 1.80. The Labute approximate surface area is 86.2 Å². The van der Waals surface area contributed by atoms with E-state index in [9.17, 15) is 0 Å². The fraction of sp³-hybridized carbons (Fsp3) is 1.00. The first kappa shape index (κ1) is 9.17. The van der Waals surface area contributed by atoms with E-state index < -0.39 is 0 Å². The first-order valence-electron chi connectivity index (χ1n) is 6.12. The van der Waals surface area contributed by atoms with Crippen LogP contribution in [0.2, 0.25) is 0 Å². The van der Waals surface area contributed by atoms with Crippen LogP contribution in [0.3, 0.4) is 0 Å². The van der Waals surface area contributed by atoms with Crippen molar-refractivity contribution in [3.63, 3.8) is 0 Å². The molecule has 2 saturated carbocycles. The van der Waals surface area contributed by atoms with Gasteiger partial charge in [0.1, 0.15) is 0 Å². The summed E-state index contributed by atoms with van der Waals surface area (Å²) in [6.07, 6.45) is 7.12. The number of rotatable bonds is 2. The standard InChI is InChI=1S/C12H21NO/c13-7-12(3-4-14-8-12)11-6-9-1-2-10(11)5-9/h9-11H,1-8,13H2. The molecule has 80 valence electrons. The van der Waals surface area contributed by atoms with Crippen molar-refractivity contribution >= 4 is 0 Å². The van der Waals surface area contributed by atoms with Gasteiger partial charge in [0.05, 0.1) is 6.61 Å². The minimum absolute atomic E-state index is 0.375. The quantitative estimate of drug-likeness (QED) is 0.729. The van der Waals surface area contributed by atoms with Crippen LogP contribution in [0.15, 0.2) is 0 Å². The van der Waals surface area contributed by atoms with Crippen molar-refractivity contribution in [3.05, 3.63) is 0 Å². The van der Waals surface area contributed by atoms with Crippen molar-refractivity contribution in [2.75, 3.05) is 19.8 Å². The second-order valence-electron chi connectivity index (χ2n) is 5.65. The van der Waals surface area contributed by atoms with Gasteiger partial charge in [-0.15, -0.1) is 0 Å². The van der Waals surface area contributed by atoms with Crippen LogP contribution in [0.5, 0.6) is 0 Å². The smallest absolute Gasteiger partial charge is 0.0538 e. The lowest BCUT2D eigenvalue weighted by Crippen LogP contribution is -2.41. The van der Waals surface area contributed by atoms with E-state index in [1.54, 1.807) is 0 Å². The Morgan fingerprint density at radius 3 is 2.71 bits per heavy atom. The molecular formula is C12H21NO. The fourth-order valence-electron chi connectivity index (χ4n) is 4.22. The lowest BCUT2D eigenvalue weighted by Gasteiger charge is -2.38. The van der Waals surface area contributed by atoms with E-state index in [0.29, 0.717) is 5.41 Å². The highest BCUT2D eigenvalue weighted by molar-refractivity contribution is 5.01. The topological polar surface area (TPSA) is 35.2 Å². The molecule has 1 heterocycles. The van der Waals surface area contributed by atoms with Gasteiger partial charge in [0, 0.05) is 18.6 Å². The molecule has 4 atom stereocenters. The highest BCUT2D eigenvalue weighted by Gasteiger charge is 2.51. The predicted octanol–water partition coefficient (Wildman–Crippen LogP) is 1.79. The molecule has 2 N–H and O–H groups in total. The molecule has 0 aromatic carbocycles. The summed E-state index contributed by atoms with van der Waals surface area (Å²) in [5.41, 5.74) is 6.38. The van der Waals surface area contributed by atoms with Crippen molar-refractivity contribution in [2.24, 2.45) is 28.9 Å². The molecule has 0 aromatic heterocycles. The zero-order valence-electron chi connectivity index (χ0n) is 8.87. The van der Waals surface area contributed by atoms with E-state index in [1.807, 2.05) is 0 Å². The summed E-state index contributed by atoms with van der Waals surface area (Å²) in [4.78, 5) is 0. The minimum atomic E-state index is 0.375. The maximum absolute atomic E-state index is 6.00. The molecule has 1 aliphatic heterocycles. The normalized spacial score (nSPS) is 51.6. The van der Waals surface area contributed by atoms with Gasteiger partial charge in [-0.05, 0) is 43.4 Å². The van der Waals surface area contributed by atoms with Crippen LogP contribution in [0, 0.1) is 23.2 Å². The number of fused-ring (bicyclic) bond motifs is 2. The lowest BCUT2D eigenvalue weighted by atomic mass is 9.67. The zero-order valence-corrected chi connectivity index (χ0v) is 8.87. The number of hydrogen-bond acceptors (Lipinski definition) is 2. The Morgan fingerprint density at radius 2 is 2.21 bits per heavy atom. The average Bonchev–Trinajstić information content (AvgIpc) is 2.94. The monoisotopic (exact) mass is 195 g/mol. The number of ether oxygens (including phenoxy) is 1. The Morgan fingerprint density at radius 1 is 1.29 bits per heavy atom. The molecule has 3 aliphatic rings. The number of nitrogens with two attached hydrogens (primary N) is 1. The van der Waals surface area contributed by atoms with Gasteiger partial charge in [-0.2, -0.15) is 0 Å². The van der Waals surface area contributed by atoms with E-state index in [2.05, 4.69) is 0 Å². The molecule has 2 heteroatoms. The van der Waals surface area contributed by atoms with Gasteiger partial charge >= 0.3 is 0 Å². The van der Waals surface area contributed by atoms with Crippen molar-refractivity contribution in [2.45, 2.75) is 32.1 Å². The molecule has 2 aliphatic carbocycles. The summed E-state index contributed by atoms with van der Waals surface area (Å²) < 4.78 is 5.59. The second-order valence-corrected chi connectivity index (χ2v) is 5.65. The van der Waals surface area contributed by atoms with Crippen molar-refractivity contribution in [1.29, 1.82) is 0 Å². The number of hydrogen-bond donors (Lipinski definition) is 1. The summed E-state index contributed by atoms with van der Waals surface area (Å²) >= 11 is 0. The summed E-state index contributed by atoms with van der Waals surface area (Å²) in [7, 11) is 0. The van der Waals surface area contributed by atoms with Crippen molar-refractivity contribution in [3.8, 4) is 0 Å². The molecule has 3 rings (SSSR count). The van der Waals surface area contributed by atoms with Crippen LogP contribution >= 0.6 is 0 Å². The van der Waals surface area contributed by atoms with Crippen LogP contribution < -0.4 is 5.73 Å². The molecule has 4 unspecified atom stereocenters. The highest BCUT2D eigenvalue weighted by Crippen LogP contribution is 2.56. The molecule has 3 fully saturated rings. The SMILES string of the molecule is NCC1(C2CC3CCC2C3)CCOC1. The summed E-state index contributed by atoms with van der Waals surface area (Å²) in [6, 6.07) is 0. The van der Waals surface area contributed by atoms with Crippen LogP contribution in [-0.2, 0) is 4.74 Å². The van der Waals surface area contributed by atoms with Gasteiger partial charge in [-0.1, -0.05) is 6.42 Å². The molecular weight excluding hydrogens is 174 g/mol. The van der Waals surface area contributed by atoms with Gasteiger partial charge in [0.2, 0.25) is 0 Å². The molecule has 0 amide bonds. The average molecular weight is 195 g/mol. The molecule has 0 spiro atoms.